The summed E-state index contributed by atoms with van der Waals surface area (Å²) in [5.41, 5.74) is -3.71. The third kappa shape index (κ3) is 6.32. The van der Waals surface area contributed by atoms with Crippen LogP contribution in [-0.4, -0.2) is 29.4 Å². The molecule has 1 aliphatic rings. The van der Waals surface area contributed by atoms with Crippen molar-refractivity contribution in [2.45, 2.75) is 58.0 Å². The Morgan fingerprint density at radius 2 is 1.36 bits per heavy atom. The summed E-state index contributed by atoms with van der Waals surface area (Å²) in [5, 5.41) is 8.76. The topological polar surface area (TPSA) is 61.4 Å². The van der Waals surface area contributed by atoms with Crippen LogP contribution in [-0.2, 0) is 17.1 Å². The quantitative estimate of drug-likeness (QED) is 0.178. The van der Waals surface area contributed by atoms with E-state index in [9.17, 15) is 35.9 Å². The standard InChI is InChI=1S/C33H31F6N3O2/c1-31(2,3)28(41-30(44)40-22-17-20(32(34,35)36)16-21(18-22)33(37,38)39)29(43)42-14-8-13-27(42)26-15-19-9-4-5-10-23(19)24-11-6-7-12-25(24)26/h4-7,9-12,15-18,27-28H,8,13-14H2,1-3H3,(H2,40,41,44)/t27-,28-/m1/s1. The van der Waals surface area contributed by atoms with Crippen LogP contribution in [0, 0.1) is 5.41 Å². The first-order chi connectivity index (χ1) is 20.5. The lowest BCUT2D eigenvalue weighted by atomic mass is 9.85. The molecule has 5 nitrogen and oxygen atoms in total. The van der Waals surface area contributed by atoms with Crippen molar-refractivity contribution in [1.29, 1.82) is 0 Å². The second-order valence-corrected chi connectivity index (χ2v) is 12.1. The van der Waals surface area contributed by atoms with Gasteiger partial charge < -0.3 is 15.5 Å². The van der Waals surface area contributed by atoms with Gasteiger partial charge in [0.1, 0.15) is 6.04 Å². The first-order valence-electron chi connectivity index (χ1n) is 14.1. The number of amides is 3. The molecule has 0 aromatic heterocycles. The normalized spacial score (nSPS) is 16.8. The van der Waals surface area contributed by atoms with Gasteiger partial charge in [-0.25, -0.2) is 4.79 Å². The Balaban J connectivity index is 1.44. The zero-order valence-electron chi connectivity index (χ0n) is 24.2. The van der Waals surface area contributed by atoms with Crippen LogP contribution in [0.3, 0.4) is 0 Å². The van der Waals surface area contributed by atoms with E-state index < -0.39 is 52.6 Å². The molecule has 2 N–H and O–H groups in total. The number of hydrogen-bond donors (Lipinski definition) is 2. The van der Waals surface area contributed by atoms with Crippen LogP contribution >= 0.6 is 0 Å². The molecule has 44 heavy (non-hydrogen) atoms. The SMILES string of the molecule is CC(C)(C)[C@H](NC(=O)Nc1cc(C(F)(F)F)cc(C(F)(F)F)c1)C(=O)N1CCC[C@@H]1c1cc2ccccc2c2ccccc12. The van der Waals surface area contributed by atoms with Crippen LogP contribution in [0.25, 0.3) is 21.5 Å². The summed E-state index contributed by atoms with van der Waals surface area (Å²) in [5.74, 6) is -0.396. The molecule has 4 aromatic carbocycles. The van der Waals surface area contributed by atoms with Crippen molar-refractivity contribution in [1.82, 2.24) is 10.2 Å². The van der Waals surface area contributed by atoms with Crippen molar-refractivity contribution < 1.29 is 35.9 Å². The third-order valence-electron chi connectivity index (χ3n) is 7.93. The molecule has 3 amide bonds. The van der Waals surface area contributed by atoms with Crippen molar-refractivity contribution in [3.63, 3.8) is 0 Å². The Labute approximate surface area is 250 Å². The number of carbonyl (C=O) groups excluding carboxylic acids is 2. The predicted octanol–water partition coefficient (Wildman–Crippen LogP) is 8.93. The number of fused-ring (bicyclic) bond motifs is 3. The number of nitrogens with zero attached hydrogens (tertiary/aromatic N) is 1. The van der Waals surface area contributed by atoms with E-state index in [0.717, 1.165) is 27.1 Å². The van der Waals surface area contributed by atoms with Gasteiger partial charge in [-0.15, -0.1) is 0 Å². The van der Waals surface area contributed by atoms with Gasteiger partial charge >= 0.3 is 18.4 Å². The number of halogens is 6. The number of nitrogens with one attached hydrogen (secondary N) is 2. The highest BCUT2D eigenvalue weighted by atomic mass is 19.4. The summed E-state index contributed by atoms with van der Waals surface area (Å²) in [6.45, 7) is 5.58. The number of carbonyl (C=O) groups is 2. The van der Waals surface area contributed by atoms with Crippen molar-refractivity contribution >= 4 is 39.2 Å². The summed E-state index contributed by atoms with van der Waals surface area (Å²) in [7, 11) is 0. The Kier molecular flexibility index (Phi) is 8.02. The number of hydrogen-bond acceptors (Lipinski definition) is 2. The lowest BCUT2D eigenvalue weighted by Crippen LogP contribution is -2.55. The Morgan fingerprint density at radius 3 is 1.95 bits per heavy atom. The molecule has 0 aliphatic carbocycles. The molecule has 11 heteroatoms. The monoisotopic (exact) mass is 615 g/mol. The van der Waals surface area contributed by atoms with E-state index in [-0.39, 0.29) is 12.1 Å². The summed E-state index contributed by atoms with van der Waals surface area (Å²) in [4.78, 5) is 28.9. The number of anilines is 1. The highest BCUT2D eigenvalue weighted by Crippen LogP contribution is 2.41. The summed E-state index contributed by atoms with van der Waals surface area (Å²) >= 11 is 0. The molecule has 0 saturated carbocycles. The fourth-order valence-electron chi connectivity index (χ4n) is 5.85. The van der Waals surface area contributed by atoms with E-state index in [0.29, 0.717) is 31.5 Å². The first kappa shape index (κ1) is 31.2. The zero-order chi connectivity index (χ0) is 32.0. The van der Waals surface area contributed by atoms with E-state index in [1.54, 1.807) is 25.7 Å². The van der Waals surface area contributed by atoms with Crippen LogP contribution in [0.4, 0.5) is 36.8 Å². The fourth-order valence-corrected chi connectivity index (χ4v) is 5.85. The number of urea groups is 1. The van der Waals surface area contributed by atoms with Gasteiger partial charge in [-0.1, -0.05) is 69.3 Å². The van der Waals surface area contributed by atoms with Crippen LogP contribution in [0.1, 0.15) is 56.3 Å². The van der Waals surface area contributed by atoms with Gasteiger partial charge in [-0.3, -0.25) is 4.79 Å². The van der Waals surface area contributed by atoms with Crippen LogP contribution in [0.2, 0.25) is 0 Å². The minimum Gasteiger partial charge on any atom is -0.334 e. The summed E-state index contributed by atoms with van der Waals surface area (Å²) in [6, 6.07) is 16.2. The second kappa shape index (κ2) is 11.3. The molecule has 1 heterocycles. The second-order valence-electron chi connectivity index (χ2n) is 12.1. The van der Waals surface area contributed by atoms with E-state index in [1.165, 1.54) is 0 Å². The molecular weight excluding hydrogens is 584 g/mol. The van der Waals surface area contributed by atoms with E-state index in [4.69, 9.17) is 0 Å². The van der Waals surface area contributed by atoms with Crippen molar-refractivity contribution in [2.75, 3.05) is 11.9 Å². The smallest absolute Gasteiger partial charge is 0.334 e. The number of benzene rings is 4. The number of likely N-dealkylation sites (tertiary alicyclic amines) is 1. The minimum absolute atomic E-state index is 0.0193. The van der Waals surface area contributed by atoms with Crippen LogP contribution in [0.15, 0.2) is 72.8 Å². The number of rotatable bonds is 4. The maximum Gasteiger partial charge on any atom is 0.416 e. The molecule has 232 valence electrons. The van der Waals surface area contributed by atoms with Gasteiger partial charge in [0.25, 0.3) is 0 Å². The lowest BCUT2D eigenvalue weighted by Gasteiger charge is -2.36. The molecule has 1 saturated heterocycles. The first-order valence-corrected chi connectivity index (χ1v) is 14.1. The molecule has 0 spiro atoms. The lowest BCUT2D eigenvalue weighted by molar-refractivity contribution is -0.143. The van der Waals surface area contributed by atoms with E-state index in [2.05, 4.69) is 16.7 Å². The molecule has 4 aromatic rings. The van der Waals surface area contributed by atoms with Crippen LogP contribution < -0.4 is 10.6 Å². The molecule has 0 bridgehead atoms. The van der Waals surface area contributed by atoms with Gasteiger partial charge in [0, 0.05) is 12.2 Å². The summed E-state index contributed by atoms with van der Waals surface area (Å²) < 4.78 is 80.0. The molecule has 5 rings (SSSR count). The highest BCUT2D eigenvalue weighted by molar-refractivity contribution is 6.09. The average molecular weight is 616 g/mol. The predicted molar refractivity (Wildman–Crippen MR) is 157 cm³/mol. The molecule has 0 unspecified atom stereocenters. The Hall–Kier alpha value is -4.28. The largest absolute Gasteiger partial charge is 0.416 e. The maximum absolute atomic E-state index is 14.1. The van der Waals surface area contributed by atoms with Gasteiger partial charge in [0.05, 0.1) is 17.2 Å². The van der Waals surface area contributed by atoms with Gasteiger partial charge in [-0.2, -0.15) is 26.3 Å². The van der Waals surface area contributed by atoms with Gasteiger partial charge in [0.15, 0.2) is 0 Å². The highest BCUT2D eigenvalue weighted by Gasteiger charge is 2.41. The van der Waals surface area contributed by atoms with Gasteiger partial charge in [-0.05, 0) is 69.6 Å². The Bertz CT molecular complexity index is 1690. The molecular formula is C33H31F6N3O2. The van der Waals surface area contributed by atoms with Gasteiger partial charge in [0.2, 0.25) is 5.91 Å². The number of alkyl halides is 6. The minimum atomic E-state index is -5.07. The summed E-state index contributed by atoms with van der Waals surface area (Å²) in [6.07, 6.45) is -8.75. The molecule has 2 atom stereocenters. The maximum atomic E-state index is 14.1. The Morgan fingerprint density at radius 1 is 0.795 bits per heavy atom. The van der Waals surface area contributed by atoms with E-state index in [1.807, 2.05) is 48.5 Å². The molecule has 1 aliphatic heterocycles. The van der Waals surface area contributed by atoms with Crippen molar-refractivity contribution in [3.8, 4) is 0 Å². The zero-order valence-corrected chi connectivity index (χ0v) is 24.2. The molecule has 0 radical (unpaired) electrons. The van der Waals surface area contributed by atoms with E-state index >= 15 is 0 Å². The van der Waals surface area contributed by atoms with Crippen molar-refractivity contribution in [2.24, 2.45) is 5.41 Å². The van der Waals surface area contributed by atoms with Crippen molar-refractivity contribution in [3.05, 3.63) is 89.5 Å². The van der Waals surface area contributed by atoms with Crippen LogP contribution in [0.5, 0.6) is 0 Å². The third-order valence-corrected chi connectivity index (χ3v) is 7.93. The molecule has 1 fully saturated rings. The average Bonchev–Trinajstić information content (AvgIpc) is 3.43. The fraction of sp³-hybridized carbons (Fsp3) is 0.333.